The molecule has 4 atom stereocenters. The Morgan fingerprint density at radius 1 is 0.926 bits per heavy atom. The van der Waals surface area contributed by atoms with E-state index < -0.39 is 26.4 Å². The van der Waals surface area contributed by atoms with Crippen LogP contribution in [0, 0.1) is 11.3 Å². The van der Waals surface area contributed by atoms with Gasteiger partial charge in [0, 0.05) is 38.6 Å². The van der Waals surface area contributed by atoms with Crippen molar-refractivity contribution in [3.63, 3.8) is 0 Å². The number of aliphatic imine (C=N–C) groups is 1. The quantitative estimate of drug-likeness (QED) is 0.0335. The molecule has 1 N–H and O–H groups in total. The first kappa shape index (κ1) is 39.1. The second kappa shape index (κ2) is 18.2. The Kier molecular flexibility index (Phi) is 13.1. The highest BCUT2D eigenvalue weighted by Gasteiger charge is 2.45. The summed E-state index contributed by atoms with van der Waals surface area (Å²) in [7, 11) is 2.31. The van der Waals surface area contributed by atoms with Crippen molar-refractivity contribution in [3.8, 4) is 6.07 Å². The summed E-state index contributed by atoms with van der Waals surface area (Å²) in [5, 5.41) is 13.5. The zero-order valence-electron chi connectivity index (χ0n) is 31.9. The summed E-state index contributed by atoms with van der Waals surface area (Å²) in [6, 6.07) is 34.0. The first-order valence-electron chi connectivity index (χ1n) is 18.4. The molecule has 0 spiro atoms. The lowest BCUT2D eigenvalue weighted by Crippen LogP contribution is -2.53. The summed E-state index contributed by atoms with van der Waals surface area (Å²) in [5.74, 6) is 0.485. The smallest absolute Gasteiger partial charge is 0.259 e. The van der Waals surface area contributed by atoms with Gasteiger partial charge < -0.3 is 18.7 Å². The molecule has 1 saturated heterocycles. The third-order valence-electron chi connectivity index (χ3n) is 9.33. The van der Waals surface area contributed by atoms with Crippen molar-refractivity contribution < 1.29 is 13.8 Å². The van der Waals surface area contributed by atoms with Gasteiger partial charge in [-0.3, -0.25) is 9.88 Å². The normalized spacial score (nSPS) is 18.3. The summed E-state index contributed by atoms with van der Waals surface area (Å²) in [6.45, 7) is 9.07. The summed E-state index contributed by atoms with van der Waals surface area (Å²) >= 11 is 0. The van der Waals surface area contributed by atoms with Gasteiger partial charge in [-0.05, 0) is 44.4 Å². The van der Waals surface area contributed by atoms with Gasteiger partial charge in [0.15, 0.2) is 17.0 Å². The van der Waals surface area contributed by atoms with Crippen LogP contribution >= 0.6 is 8.53 Å². The lowest BCUT2D eigenvalue weighted by molar-refractivity contribution is -0.0242. The van der Waals surface area contributed by atoms with Crippen LogP contribution in [0.2, 0.25) is 0 Å². The average molecular weight is 748 g/mol. The number of rotatable bonds is 17. The van der Waals surface area contributed by atoms with Crippen molar-refractivity contribution in [3.05, 3.63) is 120 Å². The number of benzene rings is 3. The second-order valence-electron chi connectivity index (χ2n) is 14.0. The molecule has 12 nitrogen and oxygen atoms in total. The topological polar surface area (TPSA) is 126 Å². The third kappa shape index (κ3) is 8.68. The van der Waals surface area contributed by atoms with E-state index in [0.717, 1.165) is 16.7 Å². The standard InChI is InChI=1S/C41H50N9O3P/c1-30(2)50(31(3)4)54(51-24-16-23-42)52-26-36-35(25-37(53-36)49-29-45-38-39(46-28-48(5)6)43-27-44-40(38)49)47-41(32-17-10-7-11-18-32,33-19-12-8-13-20-33)34-21-14-9-15-22-34/h7-15,17-22,27-31,35-37,47H,16,24-26H2,1-6H3/t35?,36-,37-,54?/m1/s1. The molecule has 0 saturated carbocycles. The Morgan fingerprint density at radius 2 is 1.52 bits per heavy atom. The van der Waals surface area contributed by atoms with Crippen LogP contribution in [0.15, 0.2) is 109 Å². The number of nitrogens with zero attached hydrogens (tertiary/aromatic N) is 8. The highest BCUT2D eigenvalue weighted by atomic mass is 31.2. The van der Waals surface area contributed by atoms with E-state index in [2.05, 4.69) is 132 Å². The van der Waals surface area contributed by atoms with Crippen LogP contribution in [0.4, 0.5) is 5.82 Å². The molecule has 0 bridgehead atoms. The number of fused-ring (bicyclic) bond motifs is 1. The minimum atomic E-state index is -1.50. The molecule has 1 aliphatic rings. The maximum atomic E-state index is 9.30. The van der Waals surface area contributed by atoms with Crippen LogP contribution in [0.25, 0.3) is 11.2 Å². The average Bonchev–Trinajstić information content (AvgIpc) is 3.80. The number of hydrogen-bond acceptors (Lipinski definition) is 10. The van der Waals surface area contributed by atoms with Gasteiger partial charge in [0.25, 0.3) is 8.53 Å². The van der Waals surface area contributed by atoms with Crippen molar-refractivity contribution in [1.82, 2.24) is 34.4 Å². The van der Waals surface area contributed by atoms with Crippen molar-refractivity contribution in [2.24, 2.45) is 4.99 Å². The van der Waals surface area contributed by atoms with Gasteiger partial charge in [0.2, 0.25) is 0 Å². The second-order valence-corrected chi connectivity index (χ2v) is 15.5. The van der Waals surface area contributed by atoms with Crippen molar-refractivity contribution in [2.75, 3.05) is 27.3 Å². The van der Waals surface area contributed by atoms with Crippen LogP contribution < -0.4 is 5.32 Å². The molecule has 0 radical (unpaired) electrons. The molecule has 2 aromatic heterocycles. The number of nitrogens with one attached hydrogen (secondary N) is 1. The van der Waals surface area contributed by atoms with Gasteiger partial charge >= 0.3 is 0 Å². The van der Waals surface area contributed by atoms with E-state index in [1.54, 1.807) is 12.7 Å². The zero-order chi connectivity index (χ0) is 38.1. The van der Waals surface area contributed by atoms with Crippen molar-refractivity contribution >= 4 is 31.8 Å². The molecule has 0 aliphatic carbocycles. The van der Waals surface area contributed by atoms with E-state index in [9.17, 15) is 5.26 Å². The van der Waals surface area contributed by atoms with E-state index in [1.807, 2.05) is 41.8 Å². The molecule has 3 aromatic carbocycles. The summed E-state index contributed by atoms with van der Waals surface area (Å²) in [4.78, 5) is 20.1. The fraction of sp³-hybridized carbons (Fsp3) is 0.390. The SMILES string of the molecule is CC(C)N(C(C)C)P(OCCC#N)OC[C@H]1O[C@@H](n2cnc3c(N=CN(C)C)ncnc32)CC1NC(c1ccccc1)(c1ccccc1)c1ccccc1. The zero-order valence-corrected chi connectivity index (χ0v) is 32.8. The number of nitriles is 1. The van der Waals surface area contributed by atoms with E-state index in [4.69, 9.17) is 18.8 Å². The fourth-order valence-corrected chi connectivity index (χ4v) is 8.68. The molecular weight excluding hydrogens is 697 g/mol. The van der Waals surface area contributed by atoms with Gasteiger partial charge in [-0.1, -0.05) is 91.0 Å². The predicted octanol–water partition coefficient (Wildman–Crippen LogP) is 7.58. The van der Waals surface area contributed by atoms with Crippen LogP contribution in [-0.2, 0) is 19.3 Å². The molecule has 6 rings (SSSR count). The van der Waals surface area contributed by atoms with E-state index in [1.165, 1.54) is 6.33 Å². The summed E-state index contributed by atoms with van der Waals surface area (Å²) in [6.07, 6.45) is 4.99. The highest BCUT2D eigenvalue weighted by Crippen LogP contribution is 2.47. The first-order chi connectivity index (χ1) is 26.2. The Bertz CT molecular complexity index is 1880. The Labute approximate surface area is 319 Å². The number of imidazole rings is 1. The molecular formula is C41H50N9O3P. The van der Waals surface area contributed by atoms with E-state index in [-0.39, 0.29) is 37.8 Å². The largest absolute Gasteiger partial charge is 0.369 e. The van der Waals surface area contributed by atoms with Crippen molar-refractivity contribution in [2.45, 2.75) is 76.5 Å². The maximum absolute atomic E-state index is 9.30. The van der Waals surface area contributed by atoms with E-state index in [0.29, 0.717) is 23.4 Å². The van der Waals surface area contributed by atoms with Gasteiger partial charge in [0.05, 0.1) is 50.0 Å². The van der Waals surface area contributed by atoms with Gasteiger partial charge in [-0.25, -0.2) is 24.6 Å². The monoisotopic (exact) mass is 747 g/mol. The van der Waals surface area contributed by atoms with Gasteiger partial charge in [0.1, 0.15) is 12.6 Å². The number of hydrogen-bond donors (Lipinski definition) is 1. The predicted molar refractivity (Wildman–Crippen MR) is 213 cm³/mol. The van der Waals surface area contributed by atoms with Crippen LogP contribution in [0.5, 0.6) is 0 Å². The minimum absolute atomic E-state index is 0.160. The molecule has 1 fully saturated rings. The Balaban J connectivity index is 1.43. The molecule has 3 heterocycles. The lowest BCUT2D eigenvalue weighted by Gasteiger charge is -2.40. The van der Waals surface area contributed by atoms with Crippen LogP contribution in [0.1, 0.15) is 63.5 Å². The Hall–Kier alpha value is -4.60. The summed E-state index contributed by atoms with van der Waals surface area (Å²) < 4.78 is 24.3. The van der Waals surface area contributed by atoms with Crippen molar-refractivity contribution in [1.29, 1.82) is 5.26 Å². The van der Waals surface area contributed by atoms with E-state index >= 15 is 0 Å². The Morgan fingerprint density at radius 3 is 2.06 bits per heavy atom. The maximum Gasteiger partial charge on any atom is 0.259 e. The van der Waals surface area contributed by atoms with Crippen LogP contribution in [0.3, 0.4) is 0 Å². The molecule has 54 heavy (non-hydrogen) atoms. The van der Waals surface area contributed by atoms with Gasteiger partial charge in [-0.15, -0.1) is 0 Å². The summed E-state index contributed by atoms with van der Waals surface area (Å²) in [5.41, 5.74) is 3.78. The third-order valence-corrected chi connectivity index (χ3v) is 11.4. The lowest BCUT2D eigenvalue weighted by atomic mass is 9.76. The van der Waals surface area contributed by atoms with Crippen LogP contribution in [-0.4, -0.2) is 87.0 Å². The molecule has 1 aliphatic heterocycles. The number of ether oxygens (including phenoxy) is 1. The van der Waals surface area contributed by atoms with Gasteiger partial charge in [-0.2, -0.15) is 5.26 Å². The molecule has 13 heteroatoms. The first-order valence-corrected chi connectivity index (χ1v) is 19.5. The molecule has 2 unspecified atom stereocenters. The molecule has 5 aromatic rings. The highest BCUT2D eigenvalue weighted by molar-refractivity contribution is 7.44. The minimum Gasteiger partial charge on any atom is -0.369 e. The molecule has 282 valence electrons. The fourth-order valence-electron chi connectivity index (χ4n) is 7.07. The number of aromatic nitrogens is 4. The molecule has 0 amide bonds.